The molecular formula is C22H24F3N3. The summed E-state index contributed by atoms with van der Waals surface area (Å²) in [6.07, 6.45) is -4.22. The van der Waals surface area contributed by atoms with Gasteiger partial charge in [0.2, 0.25) is 0 Å². The van der Waals surface area contributed by atoms with Crippen LogP contribution in [0.15, 0.2) is 84.9 Å². The zero-order chi connectivity index (χ0) is 20.4. The lowest BCUT2D eigenvalue weighted by Crippen LogP contribution is -2.33. The van der Waals surface area contributed by atoms with E-state index in [1.165, 1.54) is 4.90 Å². The molecule has 0 aliphatic carbocycles. The van der Waals surface area contributed by atoms with Gasteiger partial charge in [0, 0.05) is 24.5 Å². The van der Waals surface area contributed by atoms with Crippen molar-refractivity contribution in [1.29, 1.82) is 0 Å². The summed E-state index contributed by atoms with van der Waals surface area (Å²) < 4.78 is 38.1. The number of nitrogens with zero attached hydrogens (tertiary/aromatic N) is 1. The van der Waals surface area contributed by atoms with Crippen LogP contribution in [0.2, 0.25) is 0 Å². The van der Waals surface area contributed by atoms with Crippen LogP contribution in [0, 0.1) is 0 Å². The number of nitrogens with two attached hydrogens (primary N) is 2. The maximum absolute atomic E-state index is 12.7. The number of halogens is 3. The fourth-order valence-corrected chi connectivity index (χ4v) is 2.60. The lowest BCUT2D eigenvalue weighted by molar-refractivity contribution is -0.148. The number of benzene rings is 3. The van der Waals surface area contributed by atoms with Gasteiger partial charge in [-0.15, -0.1) is 0 Å². The zero-order valence-corrected chi connectivity index (χ0v) is 15.4. The van der Waals surface area contributed by atoms with Crippen molar-refractivity contribution in [2.75, 3.05) is 18.0 Å². The summed E-state index contributed by atoms with van der Waals surface area (Å²) in [5, 5.41) is 0. The number of hydrogen-bond acceptors (Lipinski definition) is 3. The number of hydrogen-bond donors (Lipinski definition) is 2. The second kappa shape index (κ2) is 10.4. The first kappa shape index (κ1) is 21.3. The molecule has 0 heterocycles. The summed E-state index contributed by atoms with van der Waals surface area (Å²) in [4.78, 5) is 1.38. The van der Waals surface area contributed by atoms with Crippen LogP contribution in [0.3, 0.4) is 0 Å². The third-order valence-corrected chi connectivity index (χ3v) is 3.84. The van der Waals surface area contributed by atoms with Gasteiger partial charge in [-0.2, -0.15) is 13.2 Å². The van der Waals surface area contributed by atoms with Crippen molar-refractivity contribution in [3.63, 3.8) is 0 Å². The van der Waals surface area contributed by atoms with Gasteiger partial charge in [0.1, 0.15) is 0 Å². The van der Waals surface area contributed by atoms with E-state index in [2.05, 4.69) is 0 Å². The average Bonchev–Trinajstić information content (AvgIpc) is 2.64. The highest BCUT2D eigenvalue weighted by Crippen LogP contribution is 2.20. The predicted octanol–water partition coefficient (Wildman–Crippen LogP) is 5.10. The van der Waals surface area contributed by atoms with Crippen molar-refractivity contribution < 1.29 is 13.2 Å². The molecule has 0 amide bonds. The highest BCUT2D eigenvalue weighted by atomic mass is 19.4. The van der Waals surface area contributed by atoms with Crippen LogP contribution in [-0.4, -0.2) is 17.6 Å². The third-order valence-electron chi connectivity index (χ3n) is 3.84. The molecule has 0 atom stereocenters. The van der Waals surface area contributed by atoms with Gasteiger partial charge in [-0.05, 0) is 35.4 Å². The normalized spacial score (nSPS) is 11.0. The Morgan fingerprint density at radius 3 is 1.46 bits per heavy atom. The fraction of sp³-hybridized carbons (Fsp3) is 0.182. The molecule has 0 radical (unpaired) electrons. The Morgan fingerprint density at radius 1 is 0.607 bits per heavy atom. The van der Waals surface area contributed by atoms with Gasteiger partial charge in [0.25, 0.3) is 0 Å². The smallest absolute Gasteiger partial charge is 0.399 e. The molecular weight excluding hydrogens is 363 g/mol. The Kier molecular flexibility index (Phi) is 7.89. The molecule has 148 valence electrons. The van der Waals surface area contributed by atoms with E-state index in [1.54, 1.807) is 24.3 Å². The summed E-state index contributed by atoms with van der Waals surface area (Å²) in [5.41, 5.74) is 14.0. The van der Waals surface area contributed by atoms with Gasteiger partial charge in [-0.1, -0.05) is 60.7 Å². The molecule has 28 heavy (non-hydrogen) atoms. The van der Waals surface area contributed by atoms with Crippen molar-refractivity contribution in [1.82, 2.24) is 4.90 Å². The van der Waals surface area contributed by atoms with Crippen LogP contribution in [0.1, 0.15) is 11.1 Å². The highest BCUT2D eigenvalue weighted by Gasteiger charge is 2.30. The van der Waals surface area contributed by atoms with E-state index in [9.17, 15) is 13.2 Å². The molecule has 0 spiro atoms. The molecule has 0 aromatic heterocycles. The van der Waals surface area contributed by atoms with E-state index < -0.39 is 12.7 Å². The van der Waals surface area contributed by atoms with E-state index in [-0.39, 0.29) is 13.1 Å². The van der Waals surface area contributed by atoms with E-state index in [4.69, 9.17) is 11.5 Å². The summed E-state index contributed by atoms with van der Waals surface area (Å²) in [5.74, 6) is 0. The molecule has 0 aliphatic rings. The standard InChI is InChI=1S/C16H17F3N2.C6H7N/c17-16(18,19)12-21(10-13-4-2-1-3-5-13)11-14-6-8-15(20)9-7-14;7-6-4-2-1-3-5-6/h1-9H,10-12,20H2;1-5H,7H2. The molecule has 3 aromatic rings. The molecule has 0 fully saturated rings. The van der Waals surface area contributed by atoms with Gasteiger partial charge in [0.15, 0.2) is 0 Å². The van der Waals surface area contributed by atoms with E-state index in [0.29, 0.717) is 5.69 Å². The van der Waals surface area contributed by atoms with Gasteiger partial charge in [-0.25, -0.2) is 0 Å². The topological polar surface area (TPSA) is 55.3 Å². The van der Waals surface area contributed by atoms with Gasteiger partial charge in [-0.3, -0.25) is 4.90 Å². The second-order valence-corrected chi connectivity index (χ2v) is 6.40. The molecule has 0 bridgehead atoms. The predicted molar refractivity (Wildman–Crippen MR) is 108 cm³/mol. The van der Waals surface area contributed by atoms with Crippen LogP contribution < -0.4 is 11.5 Å². The number of para-hydroxylation sites is 1. The first-order valence-corrected chi connectivity index (χ1v) is 8.80. The number of anilines is 2. The molecule has 0 unspecified atom stereocenters. The summed E-state index contributed by atoms with van der Waals surface area (Å²) >= 11 is 0. The molecule has 0 aliphatic heterocycles. The Morgan fingerprint density at radius 2 is 1.04 bits per heavy atom. The number of alkyl halides is 3. The van der Waals surface area contributed by atoms with Crippen LogP contribution >= 0.6 is 0 Å². The summed E-state index contributed by atoms with van der Waals surface area (Å²) in [7, 11) is 0. The van der Waals surface area contributed by atoms with Crippen molar-refractivity contribution in [3.05, 3.63) is 96.1 Å². The van der Waals surface area contributed by atoms with Crippen molar-refractivity contribution >= 4 is 11.4 Å². The Labute approximate surface area is 163 Å². The average molecular weight is 387 g/mol. The van der Waals surface area contributed by atoms with Crippen LogP contribution in [0.4, 0.5) is 24.5 Å². The zero-order valence-electron chi connectivity index (χ0n) is 15.4. The van der Waals surface area contributed by atoms with Crippen LogP contribution in [0.5, 0.6) is 0 Å². The van der Waals surface area contributed by atoms with Crippen LogP contribution in [-0.2, 0) is 13.1 Å². The molecule has 3 aromatic carbocycles. The Bertz CT molecular complexity index is 804. The summed E-state index contributed by atoms with van der Waals surface area (Å²) in [6.45, 7) is -0.453. The Hall–Kier alpha value is -2.99. The lowest BCUT2D eigenvalue weighted by atomic mass is 10.1. The quantitative estimate of drug-likeness (QED) is 0.599. The fourth-order valence-electron chi connectivity index (χ4n) is 2.60. The van der Waals surface area contributed by atoms with E-state index in [0.717, 1.165) is 16.8 Å². The second-order valence-electron chi connectivity index (χ2n) is 6.40. The van der Waals surface area contributed by atoms with Crippen LogP contribution in [0.25, 0.3) is 0 Å². The number of nitrogen functional groups attached to an aromatic ring is 2. The molecule has 0 saturated heterocycles. The Balaban J connectivity index is 0.000000336. The minimum absolute atomic E-state index is 0.231. The highest BCUT2D eigenvalue weighted by molar-refractivity contribution is 5.39. The monoisotopic (exact) mass is 387 g/mol. The van der Waals surface area contributed by atoms with Crippen molar-refractivity contribution in [3.8, 4) is 0 Å². The first-order chi connectivity index (χ1) is 13.3. The molecule has 3 nitrogen and oxygen atoms in total. The van der Waals surface area contributed by atoms with Gasteiger partial charge in [0.05, 0.1) is 6.54 Å². The lowest BCUT2D eigenvalue weighted by Gasteiger charge is -2.24. The first-order valence-electron chi connectivity index (χ1n) is 8.80. The molecule has 4 N–H and O–H groups in total. The van der Waals surface area contributed by atoms with Gasteiger partial charge >= 0.3 is 6.18 Å². The third kappa shape index (κ3) is 8.60. The molecule has 6 heteroatoms. The summed E-state index contributed by atoms with van der Waals surface area (Å²) in [6, 6.07) is 25.5. The minimum Gasteiger partial charge on any atom is -0.399 e. The largest absolute Gasteiger partial charge is 0.401 e. The van der Waals surface area contributed by atoms with E-state index in [1.807, 2.05) is 60.7 Å². The maximum atomic E-state index is 12.7. The van der Waals surface area contributed by atoms with Gasteiger partial charge < -0.3 is 11.5 Å². The molecule has 0 saturated carbocycles. The van der Waals surface area contributed by atoms with Crippen molar-refractivity contribution in [2.45, 2.75) is 19.3 Å². The van der Waals surface area contributed by atoms with Crippen molar-refractivity contribution in [2.24, 2.45) is 0 Å². The molecule has 3 rings (SSSR count). The maximum Gasteiger partial charge on any atom is 0.401 e. The number of rotatable bonds is 5. The SMILES string of the molecule is Nc1ccc(CN(Cc2ccccc2)CC(F)(F)F)cc1.Nc1ccccc1. The minimum atomic E-state index is -4.22. The van der Waals surface area contributed by atoms with E-state index >= 15 is 0 Å².